The van der Waals surface area contributed by atoms with Crippen LogP contribution in [-0.4, -0.2) is 24.9 Å². The van der Waals surface area contributed by atoms with Gasteiger partial charge in [0.25, 0.3) is 0 Å². The highest BCUT2D eigenvalue weighted by Crippen LogP contribution is 2.13. The number of nitrogens with one attached hydrogen (secondary N) is 1. The minimum Gasteiger partial charge on any atom is -0.378 e. The van der Waals surface area contributed by atoms with Crippen LogP contribution < -0.4 is 16.1 Å². The smallest absolute Gasteiger partial charge is 0.184 e. The second-order valence-corrected chi connectivity index (χ2v) is 4.49. The van der Waals surface area contributed by atoms with Crippen molar-refractivity contribution < 1.29 is 0 Å². The molecule has 0 aliphatic heterocycles. The maximum atomic E-state index is 5.28. The van der Waals surface area contributed by atoms with Gasteiger partial charge in [-0.2, -0.15) is 5.10 Å². The lowest BCUT2D eigenvalue weighted by molar-refractivity contribution is 1.03. The Balaban J connectivity index is 2.67. The molecule has 96 valence electrons. The summed E-state index contributed by atoms with van der Waals surface area (Å²) in [5, 5.41) is 4.15. The minimum atomic E-state index is 0.165. The summed E-state index contributed by atoms with van der Waals surface area (Å²) in [6.45, 7) is 1.87. The number of allylic oxidation sites excluding steroid dienone is 1. The van der Waals surface area contributed by atoms with E-state index in [0.29, 0.717) is 0 Å². The van der Waals surface area contributed by atoms with Crippen molar-refractivity contribution in [2.45, 2.75) is 6.92 Å². The molecule has 0 unspecified atom stereocenters. The minimum absolute atomic E-state index is 0.165. The van der Waals surface area contributed by atoms with Gasteiger partial charge in [-0.15, -0.1) is 0 Å². The van der Waals surface area contributed by atoms with Crippen molar-refractivity contribution >= 4 is 34.8 Å². The quantitative estimate of drug-likeness (QED) is 0.495. The predicted molar refractivity (Wildman–Crippen MR) is 82.8 cm³/mol. The van der Waals surface area contributed by atoms with Crippen molar-refractivity contribution in [1.82, 2.24) is 5.43 Å². The Morgan fingerprint density at radius 2 is 1.94 bits per heavy atom. The normalized spacial score (nSPS) is 11.6. The van der Waals surface area contributed by atoms with E-state index in [0.717, 1.165) is 11.3 Å². The molecule has 4 nitrogen and oxygen atoms in total. The first-order chi connectivity index (χ1) is 8.49. The van der Waals surface area contributed by atoms with Crippen LogP contribution in [0.1, 0.15) is 12.5 Å². The molecule has 0 aliphatic rings. The van der Waals surface area contributed by atoms with Crippen molar-refractivity contribution in [2.24, 2.45) is 10.8 Å². The lowest BCUT2D eigenvalue weighted by Crippen LogP contribution is -2.24. The SMILES string of the molecule is CC(C=Cc1ccc(N(C)C)cc1)=NNC(N)=S. The largest absolute Gasteiger partial charge is 0.378 e. The Hall–Kier alpha value is -1.88. The van der Waals surface area contributed by atoms with Crippen LogP contribution in [0.3, 0.4) is 0 Å². The molecular formula is C13H18N4S. The molecule has 0 fully saturated rings. The Labute approximate surface area is 113 Å². The van der Waals surface area contributed by atoms with Gasteiger partial charge in [0, 0.05) is 19.8 Å². The van der Waals surface area contributed by atoms with Crippen LogP contribution in [0.15, 0.2) is 35.4 Å². The number of rotatable bonds is 4. The van der Waals surface area contributed by atoms with Crippen LogP contribution in [0, 0.1) is 0 Å². The van der Waals surface area contributed by atoms with Gasteiger partial charge in [0.15, 0.2) is 5.11 Å². The summed E-state index contributed by atoms with van der Waals surface area (Å²) >= 11 is 4.66. The van der Waals surface area contributed by atoms with Gasteiger partial charge < -0.3 is 10.6 Å². The Kier molecular flexibility index (Phi) is 5.32. The summed E-state index contributed by atoms with van der Waals surface area (Å²) < 4.78 is 0. The van der Waals surface area contributed by atoms with E-state index in [9.17, 15) is 0 Å². The Morgan fingerprint density at radius 1 is 1.33 bits per heavy atom. The maximum Gasteiger partial charge on any atom is 0.184 e. The van der Waals surface area contributed by atoms with Gasteiger partial charge in [-0.1, -0.05) is 18.2 Å². The number of benzene rings is 1. The second-order valence-electron chi connectivity index (χ2n) is 4.05. The van der Waals surface area contributed by atoms with Gasteiger partial charge in [0.1, 0.15) is 0 Å². The number of nitrogens with two attached hydrogens (primary N) is 1. The summed E-state index contributed by atoms with van der Waals surface area (Å²) in [4.78, 5) is 2.06. The first kappa shape index (κ1) is 14.2. The van der Waals surface area contributed by atoms with Crippen LogP contribution >= 0.6 is 12.2 Å². The molecule has 0 heterocycles. The summed E-state index contributed by atoms with van der Waals surface area (Å²) in [6, 6.07) is 8.25. The Morgan fingerprint density at radius 3 is 2.44 bits per heavy atom. The fourth-order valence-electron chi connectivity index (χ4n) is 1.28. The molecule has 0 aliphatic carbocycles. The average molecular weight is 262 g/mol. The molecule has 3 N–H and O–H groups in total. The summed E-state index contributed by atoms with van der Waals surface area (Å²) in [6.07, 6.45) is 3.88. The molecule has 0 spiro atoms. The van der Waals surface area contributed by atoms with Gasteiger partial charge in [-0.25, -0.2) is 0 Å². The van der Waals surface area contributed by atoms with Crippen molar-refractivity contribution in [2.75, 3.05) is 19.0 Å². The summed E-state index contributed by atoms with van der Waals surface area (Å²) in [5.74, 6) is 0. The standard InChI is InChI=1S/C13H18N4S/c1-10(15-16-13(14)18)4-5-11-6-8-12(9-7-11)17(2)3/h4-9H,1-3H3,(H3,14,16,18). The lowest BCUT2D eigenvalue weighted by atomic mass is 10.2. The van der Waals surface area contributed by atoms with E-state index in [4.69, 9.17) is 5.73 Å². The fourth-order valence-corrected chi connectivity index (χ4v) is 1.33. The molecule has 5 heteroatoms. The first-order valence-electron chi connectivity index (χ1n) is 5.54. The molecule has 18 heavy (non-hydrogen) atoms. The molecule has 0 amide bonds. The van der Waals surface area contributed by atoms with Crippen LogP contribution in [-0.2, 0) is 0 Å². The van der Waals surface area contributed by atoms with Crippen molar-refractivity contribution in [3.05, 3.63) is 35.9 Å². The molecule has 0 radical (unpaired) electrons. The molecule has 1 aromatic rings. The zero-order chi connectivity index (χ0) is 13.5. The van der Waals surface area contributed by atoms with Crippen molar-refractivity contribution in [3.63, 3.8) is 0 Å². The highest BCUT2D eigenvalue weighted by atomic mass is 32.1. The first-order valence-corrected chi connectivity index (χ1v) is 5.95. The van der Waals surface area contributed by atoms with Crippen LogP contribution in [0.4, 0.5) is 5.69 Å². The van der Waals surface area contributed by atoms with Gasteiger partial charge in [0.05, 0.1) is 5.71 Å². The van der Waals surface area contributed by atoms with E-state index in [1.807, 2.05) is 33.2 Å². The molecule has 1 aromatic carbocycles. The second kappa shape index (κ2) is 6.76. The zero-order valence-corrected chi connectivity index (χ0v) is 11.7. The molecule has 1 rings (SSSR count). The third kappa shape index (κ3) is 4.97. The van der Waals surface area contributed by atoms with Crippen LogP contribution in [0.25, 0.3) is 6.08 Å². The average Bonchev–Trinajstić information content (AvgIpc) is 2.34. The van der Waals surface area contributed by atoms with E-state index in [2.05, 4.69) is 51.9 Å². The van der Waals surface area contributed by atoms with Crippen molar-refractivity contribution in [3.8, 4) is 0 Å². The molecule has 0 saturated heterocycles. The third-order valence-electron chi connectivity index (χ3n) is 2.27. The van der Waals surface area contributed by atoms with E-state index < -0.39 is 0 Å². The van der Waals surface area contributed by atoms with Gasteiger partial charge in [-0.05, 0) is 42.9 Å². The highest BCUT2D eigenvalue weighted by Gasteiger charge is 1.93. The van der Waals surface area contributed by atoms with E-state index in [1.54, 1.807) is 0 Å². The lowest BCUT2D eigenvalue weighted by Gasteiger charge is -2.11. The summed E-state index contributed by atoms with van der Waals surface area (Å²) in [5.41, 5.74) is 10.9. The fraction of sp³-hybridized carbons (Fsp3) is 0.231. The number of anilines is 1. The third-order valence-corrected chi connectivity index (χ3v) is 2.36. The van der Waals surface area contributed by atoms with E-state index >= 15 is 0 Å². The monoisotopic (exact) mass is 262 g/mol. The topological polar surface area (TPSA) is 53.6 Å². The number of hydrogen-bond acceptors (Lipinski definition) is 3. The van der Waals surface area contributed by atoms with E-state index in [1.165, 1.54) is 5.69 Å². The van der Waals surface area contributed by atoms with Gasteiger partial charge >= 0.3 is 0 Å². The molecule has 0 bridgehead atoms. The van der Waals surface area contributed by atoms with E-state index in [-0.39, 0.29) is 5.11 Å². The zero-order valence-electron chi connectivity index (χ0n) is 10.8. The number of nitrogens with zero attached hydrogens (tertiary/aromatic N) is 2. The molecule has 0 aromatic heterocycles. The molecule has 0 saturated carbocycles. The maximum absolute atomic E-state index is 5.28. The number of hydrogen-bond donors (Lipinski definition) is 2. The van der Waals surface area contributed by atoms with Gasteiger partial charge in [-0.3, -0.25) is 5.43 Å². The number of hydrazone groups is 1. The van der Waals surface area contributed by atoms with Crippen LogP contribution in [0.2, 0.25) is 0 Å². The number of thiocarbonyl (C=S) groups is 1. The summed E-state index contributed by atoms with van der Waals surface area (Å²) in [7, 11) is 4.03. The van der Waals surface area contributed by atoms with Crippen molar-refractivity contribution in [1.29, 1.82) is 0 Å². The predicted octanol–water partition coefficient (Wildman–Crippen LogP) is 1.97. The molecular weight excluding hydrogens is 244 g/mol. The van der Waals surface area contributed by atoms with Crippen LogP contribution in [0.5, 0.6) is 0 Å². The highest BCUT2D eigenvalue weighted by molar-refractivity contribution is 7.80. The van der Waals surface area contributed by atoms with Gasteiger partial charge in [0.2, 0.25) is 0 Å². The Bertz CT molecular complexity index is 460. The molecule has 0 atom stereocenters.